The summed E-state index contributed by atoms with van der Waals surface area (Å²) in [7, 11) is 0. The van der Waals surface area contributed by atoms with E-state index in [4.69, 9.17) is 69.3 Å². The number of carboxylic acid groups (broad SMARTS) is 7. The van der Waals surface area contributed by atoms with Gasteiger partial charge in [-0.2, -0.15) is 0 Å². The standard InChI is InChI=1S/7C2H4O2.7H3N/c7*1-2(3)4;;;;;;;/h7*1H3,(H,3,4);7*1H3. The van der Waals surface area contributed by atoms with Crippen molar-refractivity contribution in [3.05, 3.63) is 0 Å². The van der Waals surface area contributed by atoms with Crippen LogP contribution in [-0.4, -0.2) is 77.5 Å². The fourth-order valence-electron chi connectivity index (χ4n) is 0. The normalized spacial score (nSPS) is 5.00. The Kier molecular flexibility index (Phi) is 241. The molecule has 35 heavy (non-hydrogen) atoms. The highest BCUT2D eigenvalue weighted by Crippen LogP contribution is 1.44. The van der Waals surface area contributed by atoms with Crippen LogP contribution in [0.2, 0.25) is 0 Å². The lowest BCUT2D eigenvalue weighted by Gasteiger charge is -1.59. The third kappa shape index (κ3) is 1480. The molecule has 0 radical (unpaired) electrons. The molecule has 0 saturated heterocycles. The molecular weight excluding hydrogens is 490 g/mol. The summed E-state index contributed by atoms with van der Waals surface area (Å²) in [6, 6.07) is 0. The van der Waals surface area contributed by atoms with Crippen LogP contribution >= 0.6 is 0 Å². The topological polar surface area (TPSA) is 506 Å². The van der Waals surface area contributed by atoms with E-state index in [1.807, 2.05) is 0 Å². The number of carbonyl (C=O) groups is 7. The molecule has 0 aromatic heterocycles. The molecule has 0 amide bonds. The molecule has 0 aliphatic heterocycles. The van der Waals surface area contributed by atoms with Crippen molar-refractivity contribution in [1.82, 2.24) is 43.1 Å². The minimum Gasteiger partial charge on any atom is -0.481 e. The van der Waals surface area contributed by atoms with Crippen molar-refractivity contribution in [3.8, 4) is 0 Å². The number of hydrogen-bond acceptors (Lipinski definition) is 14. The average Bonchev–Trinajstić information content (AvgIpc) is 2.20. The van der Waals surface area contributed by atoms with Crippen molar-refractivity contribution < 1.29 is 69.3 Å². The van der Waals surface area contributed by atoms with E-state index in [9.17, 15) is 0 Å². The van der Waals surface area contributed by atoms with Crippen molar-refractivity contribution in [3.63, 3.8) is 0 Å². The molecule has 0 heterocycles. The predicted molar refractivity (Wildman–Crippen MR) is 128 cm³/mol. The van der Waals surface area contributed by atoms with Gasteiger partial charge >= 0.3 is 0 Å². The Morgan fingerprint density at radius 1 is 0.257 bits per heavy atom. The molecule has 21 nitrogen and oxygen atoms in total. The molecule has 0 bridgehead atoms. The van der Waals surface area contributed by atoms with Gasteiger partial charge in [0.25, 0.3) is 41.8 Å². The van der Waals surface area contributed by atoms with Crippen LogP contribution in [0, 0.1) is 0 Å². The zero-order valence-corrected chi connectivity index (χ0v) is 21.4. The highest BCUT2D eigenvalue weighted by molar-refractivity contribution is 5.64. The van der Waals surface area contributed by atoms with Gasteiger partial charge in [0.15, 0.2) is 0 Å². The summed E-state index contributed by atoms with van der Waals surface area (Å²) in [4.78, 5) is 63.0. The lowest BCUT2D eigenvalue weighted by molar-refractivity contribution is -0.135. The van der Waals surface area contributed by atoms with E-state index in [1.54, 1.807) is 0 Å². The van der Waals surface area contributed by atoms with E-state index < -0.39 is 41.8 Å². The first-order chi connectivity index (χ1) is 12.1. The van der Waals surface area contributed by atoms with Crippen LogP contribution < -0.4 is 43.1 Å². The second-order valence-corrected chi connectivity index (χ2v) is 3.63. The number of rotatable bonds is 0. The third-order valence-electron chi connectivity index (χ3n) is 0. The van der Waals surface area contributed by atoms with Gasteiger partial charge in [0.2, 0.25) is 0 Å². The minimum absolute atomic E-state index is 0. The monoisotopic (exact) mass is 539 g/mol. The van der Waals surface area contributed by atoms with E-state index in [-0.39, 0.29) is 43.1 Å². The Morgan fingerprint density at radius 3 is 0.257 bits per heavy atom. The number of carboxylic acids is 7. The Bertz CT molecular complexity index is 332. The van der Waals surface area contributed by atoms with Crippen LogP contribution in [0.1, 0.15) is 48.5 Å². The van der Waals surface area contributed by atoms with Gasteiger partial charge in [-0.3, -0.25) is 33.6 Å². The minimum atomic E-state index is -0.833. The molecular formula is C14H49N7O14. The molecule has 0 fully saturated rings. The summed E-state index contributed by atoms with van der Waals surface area (Å²) < 4.78 is 0. The smallest absolute Gasteiger partial charge is 0.300 e. The second kappa shape index (κ2) is 87.3. The zero-order valence-electron chi connectivity index (χ0n) is 21.4. The predicted octanol–water partition coefficient (Wildman–Crippen LogP) is 1.77. The maximum Gasteiger partial charge on any atom is 0.300 e. The van der Waals surface area contributed by atoms with E-state index >= 15 is 0 Å². The van der Waals surface area contributed by atoms with E-state index in [1.165, 1.54) is 0 Å². The largest absolute Gasteiger partial charge is 0.481 e. The summed E-state index contributed by atoms with van der Waals surface area (Å²) in [6.45, 7) is 7.58. The Hall–Kier alpha value is -3.99. The molecule has 224 valence electrons. The van der Waals surface area contributed by atoms with Gasteiger partial charge in [0.1, 0.15) is 0 Å². The molecule has 0 aromatic rings. The summed E-state index contributed by atoms with van der Waals surface area (Å²) in [6.07, 6.45) is 0. The van der Waals surface area contributed by atoms with Crippen LogP contribution in [0.3, 0.4) is 0 Å². The molecule has 0 rings (SSSR count). The fraction of sp³-hybridized carbons (Fsp3) is 0.500. The molecule has 0 spiro atoms. The van der Waals surface area contributed by atoms with E-state index in [2.05, 4.69) is 0 Å². The van der Waals surface area contributed by atoms with E-state index in [0.717, 1.165) is 48.5 Å². The first-order valence-corrected chi connectivity index (χ1v) is 6.49. The maximum absolute atomic E-state index is 9.00. The van der Waals surface area contributed by atoms with Gasteiger partial charge < -0.3 is 78.8 Å². The Labute approximate surface area is 203 Å². The lowest BCUT2D eigenvalue weighted by Crippen LogP contribution is -1.78. The third-order valence-corrected chi connectivity index (χ3v) is 0. The first kappa shape index (κ1) is 96.5. The van der Waals surface area contributed by atoms with Gasteiger partial charge in [-0.15, -0.1) is 0 Å². The second-order valence-electron chi connectivity index (χ2n) is 3.63. The summed E-state index contributed by atoms with van der Waals surface area (Å²) in [5.74, 6) is -5.83. The number of aliphatic carboxylic acids is 7. The molecule has 0 aromatic carbocycles. The average molecular weight is 540 g/mol. The van der Waals surface area contributed by atoms with Crippen LogP contribution in [-0.2, 0) is 33.6 Å². The maximum atomic E-state index is 9.00. The molecule has 28 N–H and O–H groups in total. The lowest BCUT2D eigenvalue weighted by atomic mass is 10.9. The van der Waals surface area contributed by atoms with Crippen LogP contribution in [0.25, 0.3) is 0 Å². The first-order valence-electron chi connectivity index (χ1n) is 6.49. The number of hydrogen-bond donors (Lipinski definition) is 14. The van der Waals surface area contributed by atoms with Crippen molar-refractivity contribution in [1.29, 1.82) is 0 Å². The zero-order chi connectivity index (χ0) is 25.0. The SMILES string of the molecule is CC(=O)O.CC(=O)O.CC(=O)O.CC(=O)O.CC(=O)O.CC(=O)O.CC(=O)O.N.N.N.N.N.N.N. The Morgan fingerprint density at radius 2 is 0.257 bits per heavy atom. The van der Waals surface area contributed by atoms with Crippen molar-refractivity contribution >= 4 is 41.8 Å². The van der Waals surface area contributed by atoms with Crippen LogP contribution in [0.5, 0.6) is 0 Å². The quantitative estimate of drug-likeness (QED) is 0.208. The van der Waals surface area contributed by atoms with Gasteiger partial charge in [-0.05, 0) is 0 Å². The molecule has 0 saturated carbocycles. The molecule has 0 unspecified atom stereocenters. The van der Waals surface area contributed by atoms with E-state index in [0.29, 0.717) is 0 Å². The van der Waals surface area contributed by atoms with Crippen molar-refractivity contribution in [2.24, 2.45) is 0 Å². The molecule has 0 atom stereocenters. The van der Waals surface area contributed by atoms with Crippen LogP contribution in [0.15, 0.2) is 0 Å². The van der Waals surface area contributed by atoms with Gasteiger partial charge in [-0.1, -0.05) is 0 Å². The molecule has 0 aliphatic rings. The molecule has 0 aliphatic carbocycles. The summed E-state index contributed by atoms with van der Waals surface area (Å²) >= 11 is 0. The van der Waals surface area contributed by atoms with Crippen LogP contribution in [0.4, 0.5) is 0 Å². The van der Waals surface area contributed by atoms with Gasteiger partial charge in [0, 0.05) is 48.5 Å². The van der Waals surface area contributed by atoms with Crippen molar-refractivity contribution in [2.75, 3.05) is 0 Å². The highest BCUT2D eigenvalue weighted by atomic mass is 16.4. The highest BCUT2D eigenvalue weighted by Gasteiger charge is 1.67. The summed E-state index contributed by atoms with van der Waals surface area (Å²) in [5.41, 5.74) is 0. The molecule has 21 heteroatoms. The van der Waals surface area contributed by atoms with Crippen molar-refractivity contribution in [2.45, 2.75) is 48.5 Å². The van der Waals surface area contributed by atoms with Gasteiger partial charge in [0.05, 0.1) is 0 Å². The van der Waals surface area contributed by atoms with Gasteiger partial charge in [-0.25, -0.2) is 0 Å². The Balaban J connectivity index is -0.0000000119. The summed E-state index contributed by atoms with van der Waals surface area (Å²) in [5, 5.41) is 51.9. The fourth-order valence-corrected chi connectivity index (χ4v) is 0.